The largest absolute Gasteiger partial charge is 0.297 e. The molecule has 0 spiro atoms. The molecule has 0 radical (unpaired) electrons. The van der Waals surface area contributed by atoms with E-state index in [1.165, 1.54) is 16.6 Å². The molecule has 1 aromatic rings. The van der Waals surface area contributed by atoms with Crippen LogP contribution in [-0.4, -0.2) is 41.4 Å². The number of halogens is 1. The average Bonchev–Trinajstić information content (AvgIpc) is 2.54. The van der Waals surface area contributed by atoms with Gasteiger partial charge in [-0.2, -0.15) is 4.31 Å². The SMILES string of the molecule is O=C1CN(S(=O)(=O)c2ccccn2)CCCC1Br. The van der Waals surface area contributed by atoms with Gasteiger partial charge in [0.1, 0.15) is 0 Å². The molecule has 2 heterocycles. The number of rotatable bonds is 2. The maximum atomic E-state index is 12.3. The number of sulfonamides is 1. The highest BCUT2D eigenvalue weighted by atomic mass is 79.9. The summed E-state index contributed by atoms with van der Waals surface area (Å²) in [4.78, 5) is 15.3. The number of aromatic nitrogens is 1. The van der Waals surface area contributed by atoms with Crippen LogP contribution in [0.3, 0.4) is 0 Å². The number of nitrogens with zero attached hydrogens (tertiary/aromatic N) is 2. The lowest BCUT2D eigenvalue weighted by atomic mass is 10.2. The van der Waals surface area contributed by atoms with Crippen molar-refractivity contribution in [2.75, 3.05) is 13.1 Å². The first-order valence-electron chi connectivity index (χ1n) is 5.60. The number of ketones is 1. The number of Topliss-reactive ketones (excluding diaryl/α,β-unsaturated/α-hetero) is 1. The summed E-state index contributed by atoms with van der Waals surface area (Å²) < 4.78 is 25.8. The van der Waals surface area contributed by atoms with E-state index in [4.69, 9.17) is 0 Å². The molecule has 0 N–H and O–H groups in total. The minimum atomic E-state index is -3.66. The van der Waals surface area contributed by atoms with Crippen molar-refractivity contribution in [1.29, 1.82) is 0 Å². The highest BCUT2D eigenvalue weighted by Crippen LogP contribution is 2.20. The molecule has 1 atom stereocenters. The number of alkyl halides is 1. The first-order valence-corrected chi connectivity index (χ1v) is 7.95. The van der Waals surface area contributed by atoms with E-state index in [2.05, 4.69) is 20.9 Å². The monoisotopic (exact) mass is 332 g/mol. The van der Waals surface area contributed by atoms with Gasteiger partial charge in [0.05, 0.1) is 11.4 Å². The van der Waals surface area contributed by atoms with Crippen molar-refractivity contribution in [3.8, 4) is 0 Å². The molecule has 0 amide bonds. The van der Waals surface area contributed by atoms with Crippen LogP contribution in [-0.2, 0) is 14.8 Å². The van der Waals surface area contributed by atoms with E-state index in [1.54, 1.807) is 12.1 Å². The first-order chi connectivity index (χ1) is 8.51. The molecule has 0 aliphatic carbocycles. The molecule has 1 unspecified atom stereocenters. The molecule has 1 saturated heterocycles. The minimum absolute atomic E-state index is 0.00850. The van der Waals surface area contributed by atoms with Gasteiger partial charge in [-0.15, -0.1) is 0 Å². The highest BCUT2D eigenvalue weighted by molar-refractivity contribution is 9.10. The summed E-state index contributed by atoms with van der Waals surface area (Å²) in [6.45, 7) is 0.265. The second-order valence-corrected chi connectivity index (χ2v) is 7.07. The quantitative estimate of drug-likeness (QED) is 0.763. The van der Waals surface area contributed by atoms with Crippen LogP contribution in [0.25, 0.3) is 0 Å². The smallest absolute Gasteiger partial charge is 0.260 e. The molecule has 0 bridgehead atoms. The summed E-state index contributed by atoms with van der Waals surface area (Å²) >= 11 is 3.27. The van der Waals surface area contributed by atoms with Gasteiger partial charge < -0.3 is 0 Å². The molecule has 2 rings (SSSR count). The Kier molecular flexibility index (Phi) is 4.14. The van der Waals surface area contributed by atoms with Gasteiger partial charge in [0.2, 0.25) is 0 Å². The predicted octanol–water partition coefficient (Wildman–Crippen LogP) is 1.20. The van der Waals surface area contributed by atoms with Crippen LogP contribution >= 0.6 is 15.9 Å². The lowest BCUT2D eigenvalue weighted by Gasteiger charge is -2.18. The third-order valence-electron chi connectivity index (χ3n) is 2.79. The molecule has 18 heavy (non-hydrogen) atoms. The number of carbonyl (C=O) groups excluding carboxylic acids is 1. The average molecular weight is 333 g/mol. The Balaban J connectivity index is 2.28. The molecule has 1 aromatic heterocycles. The Morgan fingerprint density at radius 2 is 2.17 bits per heavy atom. The van der Waals surface area contributed by atoms with E-state index in [-0.39, 0.29) is 22.2 Å². The van der Waals surface area contributed by atoms with Crippen molar-refractivity contribution in [2.24, 2.45) is 0 Å². The molecular formula is C11H13BrN2O3S. The first kappa shape index (κ1) is 13.6. The third kappa shape index (κ3) is 2.78. The third-order valence-corrected chi connectivity index (χ3v) is 5.52. The summed E-state index contributed by atoms with van der Waals surface area (Å²) in [6, 6.07) is 4.71. The van der Waals surface area contributed by atoms with Crippen molar-refractivity contribution >= 4 is 31.7 Å². The van der Waals surface area contributed by atoms with Crippen molar-refractivity contribution in [3.63, 3.8) is 0 Å². The van der Waals surface area contributed by atoms with Gasteiger partial charge in [0, 0.05) is 12.7 Å². The van der Waals surface area contributed by atoms with Gasteiger partial charge in [-0.1, -0.05) is 22.0 Å². The molecule has 1 fully saturated rings. The van der Waals surface area contributed by atoms with Gasteiger partial charge in [-0.05, 0) is 25.0 Å². The topological polar surface area (TPSA) is 67.3 Å². The number of pyridine rings is 1. The van der Waals surface area contributed by atoms with Crippen LogP contribution in [0.5, 0.6) is 0 Å². The zero-order chi connectivity index (χ0) is 13.2. The van der Waals surface area contributed by atoms with E-state index in [9.17, 15) is 13.2 Å². The second-order valence-electron chi connectivity index (χ2n) is 4.08. The Bertz CT molecular complexity index is 532. The van der Waals surface area contributed by atoms with E-state index in [0.717, 1.165) is 0 Å². The minimum Gasteiger partial charge on any atom is -0.297 e. The normalized spacial score (nSPS) is 22.7. The van der Waals surface area contributed by atoms with Crippen LogP contribution in [0, 0.1) is 0 Å². The maximum absolute atomic E-state index is 12.3. The molecule has 98 valence electrons. The molecule has 7 heteroatoms. The van der Waals surface area contributed by atoms with Crippen LogP contribution in [0.1, 0.15) is 12.8 Å². The number of carbonyl (C=O) groups is 1. The van der Waals surface area contributed by atoms with E-state index >= 15 is 0 Å². The zero-order valence-corrected chi connectivity index (χ0v) is 12.0. The van der Waals surface area contributed by atoms with Crippen LogP contribution < -0.4 is 0 Å². The Labute approximate surface area is 114 Å². The Hall–Kier alpha value is -0.790. The zero-order valence-electron chi connectivity index (χ0n) is 9.62. The molecule has 0 saturated carbocycles. The summed E-state index contributed by atoms with van der Waals surface area (Å²) in [5.74, 6) is -0.105. The fraction of sp³-hybridized carbons (Fsp3) is 0.455. The Morgan fingerprint density at radius 1 is 1.39 bits per heavy atom. The maximum Gasteiger partial charge on any atom is 0.260 e. The van der Waals surface area contributed by atoms with Crippen molar-refractivity contribution < 1.29 is 13.2 Å². The van der Waals surface area contributed by atoms with Crippen LogP contribution in [0.4, 0.5) is 0 Å². The molecule has 1 aliphatic heterocycles. The number of hydrogen-bond donors (Lipinski definition) is 0. The van der Waals surface area contributed by atoms with E-state index in [1.807, 2.05) is 0 Å². The van der Waals surface area contributed by atoms with Gasteiger partial charge in [0.25, 0.3) is 10.0 Å². The van der Waals surface area contributed by atoms with E-state index in [0.29, 0.717) is 19.4 Å². The second kappa shape index (κ2) is 5.46. The van der Waals surface area contributed by atoms with Crippen molar-refractivity contribution in [1.82, 2.24) is 9.29 Å². The van der Waals surface area contributed by atoms with Gasteiger partial charge in [-0.25, -0.2) is 13.4 Å². The fourth-order valence-electron chi connectivity index (χ4n) is 1.80. The lowest BCUT2D eigenvalue weighted by Crippen LogP contribution is -2.36. The van der Waals surface area contributed by atoms with Crippen LogP contribution in [0.2, 0.25) is 0 Å². The molecule has 1 aliphatic rings. The standard InChI is InChI=1S/C11H13BrN2O3S/c12-9-4-3-7-14(8-10(9)15)18(16,17)11-5-1-2-6-13-11/h1-2,5-6,9H,3-4,7-8H2. The van der Waals surface area contributed by atoms with Gasteiger partial charge in [0.15, 0.2) is 10.8 Å². The summed E-state index contributed by atoms with van der Waals surface area (Å²) in [6.07, 6.45) is 2.75. The van der Waals surface area contributed by atoms with Crippen molar-refractivity contribution in [3.05, 3.63) is 24.4 Å². The Morgan fingerprint density at radius 3 is 2.83 bits per heavy atom. The molecule has 0 aromatic carbocycles. The lowest BCUT2D eigenvalue weighted by molar-refractivity contribution is -0.118. The van der Waals surface area contributed by atoms with Crippen LogP contribution in [0.15, 0.2) is 29.4 Å². The summed E-state index contributed by atoms with van der Waals surface area (Å²) in [5, 5.41) is -0.00850. The molecular weight excluding hydrogens is 320 g/mol. The summed E-state index contributed by atoms with van der Waals surface area (Å²) in [7, 11) is -3.66. The fourth-order valence-corrected chi connectivity index (χ4v) is 3.64. The van der Waals surface area contributed by atoms with Gasteiger partial charge >= 0.3 is 0 Å². The van der Waals surface area contributed by atoms with E-state index < -0.39 is 10.0 Å². The summed E-state index contributed by atoms with van der Waals surface area (Å²) in [5.41, 5.74) is 0. The highest BCUT2D eigenvalue weighted by Gasteiger charge is 2.31. The number of hydrogen-bond acceptors (Lipinski definition) is 4. The van der Waals surface area contributed by atoms with Gasteiger partial charge in [-0.3, -0.25) is 4.79 Å². The predicted molar refractivity (Wildman–Crippen MR) is 70.0 cm³/mol. The molecule has 5 nitrogen and oxygen atoms in total. The van der Waals surface area contributed by atoms with Crippen molar-refractivity contribution in [2.45, 2.75) is 22.7 Å².